The van der Waals surface area contributed by atoms with E-state index in [9.17, 15) is 9.90 Å². The van der Waals surface area contributed by atoms with E-state index in [0.29, 0.717) is 37.6 Å². The first-order chi connectivity index (χ1) is 10.7. The van der Waals surface area contributed by atoms with Crippen molar-refractivity contribution in [1.82, 2.24) is 4.90 Å². The lowest BCUT2D eigenvalue weighted by Gasteiger charge is -2.34. The van der Waals surface area contributed by atoms with Gasteiger partial charge in [-0.05, 0) is 25.0 Å². The topological polar surface area (TPSA) is 68.2 Å². The summed E-state index contributed by atoms with van der Waals surface area (Å²) < 4.78 is 16.2. The summed E-state index contributed by atoms with van der Waals surface area (Å²) >= 11 is 0. The SMILES string of the molecule is COc1ccc(C(=O)N2CCC[C@@H](C3OCCO3)C2)c(O)c1. The Bertz CT molecular complexity index is 541. The maximum absolute atomic E-state index is 12.6. The molecule has 22 heavy (non-hydrogen) atoms. The molecule has 2 aliphatic heterocycles. The van der Waals surface area contributed by atoms with Crippen molar-refractivity contribution >= 4 is 5.91 Å². The number of carbonyl (C=O) groups excluding carboxylic acids is 1. The highest BCUT2D eigenvalue weighted by molar-refractivity contribution is 5.97. The number of aromatic hydroxyl groups is 1. The van der Waals surface area contributed by atoms with Gasteiger partial charge in [-0.2, -0.15) is 0 Å². The van der Waals surface area contributed by atoms with Crippen molar-refractivity contribution in [3.8, 4) is 11.5 Å². The Morgan fingerprint density at radius 3 is 2.82 bits per heavy atom. The fourth-order valence-corrected chi connectivity index (χ4v) is 3.06. The van der Waals surface area contributed by atoms with Gasteiger partial charge < -0.3 is 24.2 Å². The van der Waals surface area contributed by atoms with Crippen LogP contribution in [-0.2, 0) is 9.47 Å². The molecule has 1 aromatic carbocycles. The average Bonchev–Trinajstić information content (AvgIpc) is 3.09. The fraction of sp³-hybridized carbons (Fsp3) is 0.562. The van der Waals surface area contributed by atoms with Gasteiger partial charge in [-0.15, -0.1) is 0 Å². The summed E-state index contributed by atoms with van der Waals surface area (Å²) in [6.45, 7) is 2.52. The molecule has 6 nitrogen and oxygen atoms in total. The zero-order chi connectivity index (χ0) is 15.5. The van der Waals surface area contributed by atoms with E-state index in [4.69, 9.17) is 14.2 Å². The largest absolute Gasteiger partial charge is 0.507 e. The van der Waals surface area contributed by atoms with E-state index in [-0.39, 0.29) is 23.9 Å². The van der Waals surface area contributed by atoms with Crippen LogP contribution in [0.1, 0.15) is 23.2 Å². The molecule has 1 amide bonds. The number of hydrogen-bond donors (Lipinski definition) is 1. The molecule has 1 N–H and O–H groups in total. The predicted octanol–water partition coefficient (Wildman–Crippen LogP) is 1.63. The Morgan fingerprint density at radius 2 is 2.14 bits per heavy atom. The zero-order valence-electron chi connectivity index (χ0n) is 12.7. The molecule has 0 radical (unpaired) electrons. The number of phenolic OH excluding ortho intramolecular Hbond substituents is 1. The molecule has 2 heterocycles. The van der Waals surface area contributed by atoms with Crippen LogP contribution in [0.25, 0.3) is 0 Å². The van der Waals surface area contributed by atoms with Crippen molar-refractivity contribution in [3.63, 3.8) is 0 Å². The summed E-state index contributed by atoms with van der Waals surface area (Å²) in [7, 11) is 1.52. The van der Waals surface area contributed by atoms with Gasteiger partial charge in [0.1, 0.15) is 11.5 Å². The number of amides is 1. The minimum Gasteiger partial charge on any atom is -0.507 e. The summed E-state index contributed by atoms with van der Waals surface area (Å²) in [6.07, 6.45) is 1.69. The molecule has 3 rings (SSSR count). The number of rotatable bonds is 3. The van der Waals surface area contributed by atoms with Gasteiger partial charge in [0.25, 0.3) is 5.91 Å². The Kier molecular flexibility index (Phi) is 4.49. The molecule has 0 unspecified atom stereocenters. The van der Waals surface area contributed by atoms with Crippen LogP contribution in [0, 0.1) is 5.92 Å². The van der Waals surface area contributed by atoms with Gasteiger partial charge in [0, 0.05) is 25.1 Å². The van der Waals surface area contributed by atoms with E-state index < -0.39 is 0 Å². The van der Waals surface area contributed by atoms with Crippen LogP contribution in [0.5, 0.6) is 11.5 Å². The van der Waals surface area contributed by atoms with Gasteiger partial charge in [-0.3, -0.25) is 4.79 Å². The van der Waals surface area contributed by atoms with Gasteiger partial charge in [0.2, 0.25) is 0 Å². The number of phenols is 1. The molecule has 0 spiro atoms. The molecule has 0 aromatic heterocycles. The molecule has 0 aliphatic carbocycles. The maximum Gasteiger partial charge on any atom is 0.257 e. The normalized spacial score (nSPS) is 22.8. The number of carbonyl (C=O) groups is 1. The Hall–Kier alpha value is -1.79. The lowest BCUT2D eigenvalue weighted by atomic mass is 9.96. The van der Waals surface area contributed by atoms with Gasteiger partial charge in [0.05, 0.1) is 25.9 Å². The molecular formula is C16H21NO5. The number of ether oxygens (including phenoxy) is 3. The molecule has 0 bridgehead atoms. The molecule has 2 saturated heterocycles. The second kappa shape index (κ2) is 6.54. The van der Waals surface area contributed by atoms with Crippen LogP contribution < -0.4 is 4.74 Å². The van der Waals surface area contributed by atoms with Crippen LogP contribution in [0.2, 0.25) is 0 Å². The standard InChI is InChI=1S/C16H21NO5/c1-20-12-4-5-13(14(18)9-12)15(19)17-6-2-3-11(10-17)16-21-7-8-22-16/h4-5,9,11,16,18H,2-3,6-8,10H2,1H3/t11-/m1/s1. The minimum absolute atomic E-state index is 0.0557. The Balaban J connectivity index is 1.71. The minimum atomic E-state index is -0.208. The number of likely N-dealkylation sites (tertiary alicyclic amines) is 1. The summed E-state index contributed by atoms with van der Waals surface area (Å²) in [5.74, 6) is 0.501. The number of piperidine rings is 1. The molecule has 120 valence electrons. The molecular weight excluding hydrogens is 286 g/mol. The number of benzene rings is 1. The first-order valence-corrected chi connectivity index (χ1v) is 7.58. The molecule has 2 fully saturated rings. The molecule has 2 aliphatic rings. The molecule has 0 saturated carbocycles. The summed E-state index contributed by atoms with van der Waals surface area (Å²) in [5, 5.41) is 10.0. The second-order valence-electron chi connectivity index (χ2n) is 5.65. The zero-order valence-corrected chi connectivity index (χ0v) is 12.7. The first-order valence-electron chi connectivity index (χ1n) is 7.58. The van der Waals surface area contributed by atoms with Gasteiger partial charge in [0.15, 0.2) is 6.29 Å². The van der Waals surface area contributed by atoms with Crippen LogP contribution in [-0.4, -0.2) is 55.6 Å². The highest BCUT2D eigenvalue weighted by atomic mass is 16.7. The third-order valence-corrected chi connectivity index (χ3v) is 4.21. The van der Waals surface area contributed by atoms with E-state index in [1.807, 2.05) is 0 Å². The lowest BCUT2D eigenvalue weighted by Crippen LogP contribution is -2.43. The van der Waals surface area contributed by atoms with Crippen LogP contribution in [0.15, 0.2) is 18.2 Å². The van der Waals surface area contributed by atoms with Crippen LogP contribution in [0.4, 0.5) is 0 Å². The van der Waals surface area contributed by atoms with E-state index in [1.165, 1.54) is 13.2 Å². The Labute approximate surface area is 129 Å². The van der Waals surface area contributed by atoms with Crippen molar-refractivity contribution in [2.24, 2.45) is 5.92 Å². The van der Waals surface area contributed by atoms with Crippen molar-refractivity contribution in [3.05, 3.63) is 23.8 Å². The number of nitrogens with zero attached hydrogens (tertiary/aromatic N) is 1. The highest BCUT2D eigenvalue weighted by Crippen LogP contribution is 2.29. The van der Waals surface area contributed by atoms with E-state index in [1.54, 1.807) is 17.0 Å². The highest BCUT2D eigenvalue weighted by Gasteiger charge is 2.33. The van der Waals surface area contributed by atoms with Gasteiger partial charge in [-0.1, -0.05) is 0 Å². The fourth-order valence-electron chi connectivity index (χ4n) is 3.06. The van der Waals surface area contributed by atoms with E-state index in [0.717, 1.165) is 12.8 Å². The van der Waals surface area contributed by atoms with Crippen molar-refractivity contribution in [2.45, 2.75) is 19.1 Å². The smallest absolute Gasteiger partial charge is 0.257 e. The van der Waals surface area contributed by atoms with Crippen molar-refractivity contribution in [2.75, 3.05) is 33.4 Å². The third-order valence-electron chi connectivity index (χ3n) is 4.21. The van der Waals surface area contributed by atoms with Crippen molar-refractivity contribution in [1.29, 1.82) is 0 Å². The number of methoxy groups -OCH3 is 1. The Morgan fingerprint density at radius 1 is 1.36 bits per heavy atom. The van der Waals surface area contributed by atoms with Crippen LogP contribution in [0.3, 0.4) is 0 Å². The van der Waals surface area contributed by atoms with Gasteiger partial charge >= 0.3 is 0 Å². The maximum atomic E-state index is 12.6. The summed E-state index contributed by atoms with van der Waals surface area (Å²) in [5.41, 5.74) is 0.301. The lowest BCUT2D eigenvalue weighted by molar-refractivity contribution is -0.0969. The van der Waals surface area contributed by atoms with Crippen LogP contribution >= 0.6 is 0 Å². The van der Waals surface area contributed by atoms with E-state index in [2.05, 4.69) is 0 Å². The summed E-state index contributed by atoms with van der Waals surface area (Å²) in [6, 6.07) is 4.73. The molecule has 1 aromatic rings. The van der Waals surface area contributed by atoms with Crippen molar-refractivity contribution < 1.29 is 24.1 Å². The average molecular weight is 307 g/mol. The third kappa shape index (κ3) is 3.03. The quantitative estimate of drug-likeness (QED) is 0.919. The monoisotopic (exact) mass is 307 g/mol. The molecule has 6 heteroatoms. The van der Waals surface area contributed by atoms with E-state index >= 15 is 0 Å². The molecule has 1 atom stereocenters. The number of hydrogen-bond acceptors (Lipinski definition) is 5. The first kappa shape index (κ1) is 15.1. The predicted molar refractivity (Wildman–Crippen MR) is 79.0 cm³/mol. The second-order valence-corrected chi connectivity index (χ2v) is 5.65. The van der Waals surface area contributed by atoms with Gasteiger partial charge in [-0.25, -0.2) is 0 Å². The summed E-state index contributed by atoms with van der Waals surface area (Å²) in [4.78, 5) is 14.4.